The number of nitrogens with zero attached hydrogens (tertiary/aromatic N) is 1. The summed E-state index contributed by atoms with van der Waals surface area (Å²) in [5, 5.41) is 11.3. The molecule has 108 valence electrons. The van der Waals surface area contributed by atoms with Gasteiger partial charge in [-0.3, -0.25) is 4.79 Å². The van der Waals surface area contributed by atoms with Crippen molar-refractivity contribution < 1.29 is 18.0 Å². The Morgan fingerprint density at radius 1 is 1.35 bits per heavy atom. The van der Waals surface area contributed by atoms with Crippen molar-refractivity contribution in [2.75, 3.05) is 12.3 Å². The molecule has 7 heteroatoms. The molecule has 1 aromatic rings. The first-order chi connectivity index (χ1) is 9.42. The lowest BCUT2D eigenvalue weighted by atomic mass is 10.00. The van der Waals surface area contributed by atoms with Crippen LogP contribution in [0.3, 0.4) is 0 Å². The standard InChI is InChI=1S/C13H13F3N2OS/c14-13(15,16)20-7-6-18-12(19)11(9-17)8-10-4-2-1-3-5-10/h1-5,11H,6-8H2,(H,18,19). The maximum Gasteiger partial charge on any atom is 0.441 e. The number of thioether (sulfide) groups is 1. The molecule has 1 unspecified atom stereocenters. The molecule has 1 amide bonds. The molecule has 20 heavy (non-hydrogen) atoms. The van der Waals surface area contributed by atoms with Gasteiger partial charge in [-0.2, -0.15) is 18.4 Å². The van der Waals surface area contributed by atoms with E-state index < -0.39 is 17.3 Å². The number of rotatable bonds is 6. The van der Waals surface area contributed by atoms with Crippen molar-refractivity contribution in [3.8, 4) is 6.07 Å². The quantitative estimate of drug-likeness (QED) is 0.822. The number of carbonyl (C=O) groups excluding carboxylic acids is 1. The highest BCUT2D eigenvalue weighted by Gasteiger charge is 2.27. The summed E-state index contributed by atoms with van der Waals surface area (Å²) in [4.78, 5) is 11.7. The number of carbonyl (C=O) groups is 1. The van der Waals surface area contributed by atoms with E-state index in [0.717, 1.165) is 5.56 Å². The van der Waals surface area contributed by atoms with Crippen LogP contribution in [0, 0.1) is 17.2 Å². The van der Waals surface area contributed by atoms with Gasteiger partial charge in [-0.1, -0.05) is 30.3 Å². The van der Waals surface area contributed by atoms with E-state index in [1.165, 1.54) is 0 Å². The highest BCUT2D eigenvalue weighted by molar-refractivity contribution is 8.00. The molecule has 0 aliphatic rings. The molecule has 0 aromatic heterocycles. The fraction of sp³-hybridized carbons (Fsp3) is 0.385. The second-order valence-electron chi connectivity index (χ2n) is 3.96. The molecule has 1 atom stereocenters. The average molecular weight is 302 g/mol. The van der Waals surface area contributed by atoms with Crippen LogP contribution in [-0.4, -0.2) is 23.7 Å². The summed E-state index contributed by atoms with van der Waals surface area (Å²) in [6.45, 7) is -0.115. The number of benzene rings is 1. The topological polar surface area (TPSA) is 52.9 Å². The molecule has 1 N–H and O–H groups in total. The fourth-order valence-corrected chi connectivity index (χ4v) is 1.95. The summed E-state index contributed by atoms with van der Waals surface area (Å²) >= 11 is -0.199. The van der Waals surface area contributed by atoms with Gasteiger partial charge in [0.05, 0.1) is 6.07 Å². The second-order valence-corrected chi connectivity index (χ2v) is 5.12. The molecule has 1 rings (SSSR count). The Balaban J connectivity index is 2.39. The van der Waals surface area contributed by atoms with E-state index in [2.05, 4.69) is 5.32 Å². The van der Waals surface area contributed by atoms with Crippen LogP contribution in [0.25, 0.3) is 0 Å². The van der Waals surface area contributed by atoms with Gasteiger partial charge in [-0.15, -0.1) is 0 Å². The summed E-state index contributed by atoms with van der Waals surface area (Å²) in [6.07, 6.45) is 0.246. The first kappa shape index (κ1) is 16.4. The minimum absolute atomic E-state index is 0.115. The van der Waals surface area contributed by atoms with Gasteiger partial charge in [-0.25, -0.2) is 0 Å². The van der Waals surface area contributed by atoms with Crippen molar-refractivity contribution >= 4 is 17.7 Å². The average Bonchev–Trinajstić information content (AvgIpc) is 2.41. The zero-order valence-electron chi connectivity index (χ0n) is 10.5. The van der Waals surface area contributed by atoms with Crippen LogP contribution < -0.4 is 5.32 Å². The first-order valence-corrected chi connectivity index (χ1v) is 6.83. The molecule has 0 aliphatic heterocycles. The maximum absolute atomic E-state index is 11.9. The smallest absolute Gasteiger partial charge is 0.354 e. The van der Waals surface area contributed by atoms with E-state index in [9.17, 15) is 18.0 Å². The lowest BCUT2D eigenvalue weighted by Crippen LogP contribution is -2.33. The molecule has 1 aromatic carbocycles. The summed E-state index contributed by atoms with van der Waals surface area (Å²) in [6, 6.07) is 10.8. The van der Waals surface area contributed by atoms with E-state index >= 15 is 0 Å². The van der Waals surface area contributed by atoms with Crippen LogP contribution in [0.5, 0.6) is 0 Å². The molecular weight excluding hydrogens is 289 g/mol. The van der Waals surface area contributed by atoms with Crippen LogP contribution in [0.1, 0.15) is 5.56 Å². The Morgan fingerprint density at radius 2 is 2.00 bits per heavy atom. The van der Waals surface area contributed by atoms with E-state index in [-0.39, 0.29) is 30.5 Å². The Labute approximate surface area is 119 Å². The number of hydrogen-bond acceptors (Lipinski definition) is 3. The highest BCUT2D eigenvalue weighted by Crippen LogP contribution is 2.29. The Kier molecular flexibility index (Phi) is 6.39. The third-order valence-electron chi connectivity index (χ3n) is 2.42. The van der Waals surface area contributed by atoms with Gasteiger partial charge in [0, 0.05) is 12.3 Å². The van der Waals surface area contributed by atoms with Gasteiger partial charge >= 0.3 is 5.51 Å². The summed E-state index contributed by atoms with van der Waals surface area (Å²) in [5.74, 6) is -1.70. The van der Waals surface area contributed by atoms with E-state index in [1.807, 2.05) is 12.1 Å². The summed E-state index contributed by atoms with van der Waals surface area (Å²) < 4.78 is 35.7. The predicted molar refractivity (Wildman–Crippen MR) is 70.8 cm³/mol. The zero-order valence-corrected chi connectivity index (χ0v) is 11.3. The Morgan fingerprint density at radius 3 is 2.55 bits per heavy atom. The summed E-state index contributed by atoms with van der Waals surface area (Å²) in [7, 11) is 0. The van der Waals surface area contributed by atoms with Crippen molar-refractivity contribution in [3.05, 3.63) is 35.9 Å². The largest absolute Gasteiger partial charge is 0.441 e. The number of alkyl halides is 3. The number of nitriles is 1. The maximum atomic E-state index is 11.9. The minimum atomic E-state index is -4.30. The van der Waals surface area contributed by atoms with Crippen LogP contribution in [0.15, 0.2) is 30.3 Å². The normalized spacial score (nSPS) is 12.5. The number of nitrogens with one attached hydrogen (secondary N) is 1. The third kappa shape index (κ3) is 6.48. The molecule has 0 aliphatic carbocycles. The van der Waals surface area contributed by atoms with E-state index in [4.69, 9.17) is 5.26 Å². The highest BCUT2D eigenvalue weighted by atomic mass is 32.2. The zero-order chi connectivity index (χ0) is 15.0. The van der Waals surface area contributed by atoms with Crippen molar-refractivity contribution in [1.82, 2.24) is 5.32 Å². The van der Waals surface area contributed by atoms with Crippen LogP contribution >= 0.6 is 11.8 Å². The first-order valence-electron chi connectivity index (χ1n) is 5.84. The molecule has 0 saturated carbocycles. The van der Waals surface area contributed by atoms with Crippen molar-refractivity contribution in [2.45, 2.75) is 11.9 Å². The van der Waals surface area contributed by atoms with Crippen LogP contribution in [0.2, 0.25) is 0 Å². The van der Waals surface area contributed by atoms with Crippen molar-refractivity contribution in [1.29, 1.82) is 5.26 Å². The van der Waals surface area contributed by atoms with Gasteiger partial charge in [0.25, 0.3) is 0 Å². The molecular formula is C13H13F3N2OS. The van der Waals surface area contributed by atoms with Gasteiger partial charge < -0.3 is 5.32 Å². The van der Waals surface area contributed by atoms with Crippen LogP contribution in [0.4, 0.5) is 13.2 Å². The van der Waals surface area contributed by atoms with Crippen LogP contribution in [-0.2, 0) is 11.2 Å². The molecule has 0 saturated heterocycles. The molecule has 0 fully saturated rings. The van der Waals surface area contributed by atoms with Gasteiger partial charge in [0.2, 0.25) is 5.91 Å². The molecule has 3 nitrogen and oxygen atoms in total. The Bertz CT molecular complexity index is 471. The third-order valence-corrected chi connectivity index (χ3v) is 3.16. The Hall–Kier alpha value is -1.68. The summed E-state index contributed by atoms with van der Waals surface area (Å²) in [5.41, 5.74) is -3.47. The molecule has 0 bridgehead atoms. The lowest BCUT2D eigenvalue weighted by Gasteiger charge is -2.11. The second kappa shape index (κ2) is 7.80. The molecule has 0 spiro atoms. The lowest BCUT2D eigenvalue weighted by molar-refractivity contribution is -0.123. The SMILES string of the molecule is N#CC(Cc1ccccc1)C(=O)NCCSC(F)(F)F. The van der Waals surface area contributed by atoms with Gasteiger partial charge in [-0.05, 0) is 23.7 Å². The van der Waals surface area contributed by atoms with Gasteiger partial charge in [0.1, 0.15) is 5.92 Å². The fourth-order valence-electron chi connectivity index (χ4n) is 1.51. The van der Waals surface area contributed by atoms with E-state index in [1.54, 1.807) is 24.3 Å². The van der Waals surface area contributed by atoms with Gasteiger partial charge in [0.15, 0.2) is 0 Å². The van der Waals surface area contributed by atoms with Crippen molar-refractivity contribution in [3.63, 3.8) is 0 Å². The minimum Gasteiger partial charge on any atom is -0.354 e. The van der Waals surface area contributed by atoms with E-state index in [0.29, 0.717) is 0 Å². The number of halogens is 3. The molecule has 0 radical (unpaired) electrons. The number of amides is 1. The molecule has 0 heterocycles. The predicted octanol–water partition coefficient (Wildman–Crippen LogP) is 2.74. The monoisotopic (exact) mass is 302 g/mol. The number of hydrogen-bond donors (Lipinski definition) is 1. The van der Waals surface area contributed by atoms with Crippen molar-refractivity contribution in [2.24, 2.45) is 5.92 Å².